The van der Waals surface area contributed by atoms with E-state index in [-0.39, 0.29) is 23.7 Å². The van der Waals surface area contributed by atoms with E-state index >= 15 is 0 Å². The maximum atomic E-state index is 12.4. The van der Waals surface area contributed by atoms with E-state index in [2.05, 4.69) is 10.6 Å². The number of methoxy groups -OCH3 is 2. The predicted octanol–water partition coefficient (Wildman–Crippen LogP) is 3.57. The smallest absolute Gasteiger partial charge is 0.228 e. The summed E-state index contributed by atoms with van der Waals surface area (Å²) in [4.78, 5) is 24.6. The second-order valence-corrected chi connectivity index (χ2v) is 6.44. The second-order valence-electron chi connectivity index (χ2n) is 6.01. The van der Waals surface area contributed by atoms with Gasteiger partial charge in [0.1, 0.15) is 0 Å². The lowest BCUT2D eigenvalue weighted by molar-refractivity contribution is -0.122. The molecule has 2 aromatic rings. The lowest BCUT2D eigenvalue weighted by Crippen LogP contribution is -2.20. The van der Waals surface area contributed by atoms with Gasteiger partial charge in [0.15, 0.2) is 11.5 Å². The number of carbonyl (C=O) groups excluding carboxylic acids is 2. The molecule has 1 aliphatic rings. The molecule has 2 atom stereocenters. The number of anilines is 2. The number of hydrogen-bond donors (Lipinski definition) is 2. The van der Waals surface area contributed by atoms with Gasteiger partial charge < -0.3 is 20.1 Å². The van der Waals surface area contributed by atoms with Crippen LogP contribution in [0.25, 0.3) is 0 Å². The molecule has 2 amide bonds. The van der Waals surface area contributed by atoms with Crippen LogP contribution in [0.3, 0.4) is 0 Å². The maximum Gasteiger partial charge on any atom is 0.228 e. The van der Waals surface area contributed by atoms with Gasteiger partial charge in [-0.2, -0.15) is 0 Å². The van der Waals surface area contributed by atoms with E-state index in [0.717, 1.165) is 0 Å². The summed E-state index contributed by atoms with van der Waals surface area (Å²) in [7, 11) is 3.07. The molecule has 0 radical (unpaired) electrons. The lowest BCUT2D eigenvalue weighted by Gasteiger charge is -2.10. The van der Waals surface area contributed by atoms with Gasteiger partial charge in [-0.15, -0.1) is 0 Å². The molecule has 0 heterocycles. The first-order chi connectivity index (χ1) is 12.5. The average molecular weight is 375 g/mol. The molecule has 2 N–H and O–H groups in total. The van der Waals surface area contributed by atoms with E-state index in [4.69, 9.17) is 21.1 Å². The van der Waals surface area contributed by atoms with Crippen LogP contribution < -0.4 is 20.1 Å². The highest BCUT2D eigenvalue weighted by Crippen LogP contribution is 2.40. The van der Waals surface area contributed by atoms with Crippen LogP contribution in [0, 0.1) is 11.8 Å². The largest absolute Gasteiger partial charge is 0.493 e. The number of hydrogen-bond acceptors (Lipinski definition) is 4. The Labute approximate surface area is 156 Å². The van der Waals surface area contributed by atoms with E-state index < -0.39 is 0 Å². The Balaban J connectivity index is 1.58. The summed E-state index contributed by atoms with van der Waals surface area (Å²) in [5.41, 5.74) is 1.21. The van der Waals surface area contributed by atoms with Gasteiger partial charge >= 0.3 is 0 Å². The molecule has 3 rings (SSSR count). The summed E-state index contributed by atoms with van der Waals surface area (Å²) in [6.07, 6.45) is 0.519. The van der Waals surface area contributed by atoms with Gasteiger partial charge in [0.25, 0.3) is 0 Å². The van der Waals surface area contributed by atoms with Gasteiger partial charge in [0.2, 0.25) is 11.8 Å². The van der Waals surface area contributed by atoms with Crippen molar-refractivity contribution in [3.63, 3.8) is 0 Å². The summed E-state index contributed by atoms with van der Waals surface area (Å²) >= 11 is 5.90. The molecule has 0 bridgehead atoms. The van der Waals surface area contributed by atoms with E-state index in [9.17, 15) is 9.59 Å². The van der Waals surface area contributed by atoms with Crippen LogP contribution in [0.5, 0.6) is 11.5 Å². The number of benzene rings is 2. The minimum absolute atomic E-state index is 0.181. The van der Waals surface area contributed by atoms with E-state index in [1.54, 1.807) is 49.6 Å². The Morgan fingerprint density at radius 2 is 1.54 bits per heavy atom. The monoisotopic (exact) mass is 374 g/mol. The third kappa shape index (κ3) is 4.08. The van der Waals surface area contributed by atoms with Crippen LogP contribution in [0.1, 0.15) is 6.42 Å². The summed E-state index contributed by atoms with van der Waals surface area (Å²) in [6, 6.07) is 12.0. The second kappa shape index (κ2) is 7.66. The molecule has 0 aliphatic heterocycles. The number of rotatable bonds is 6. The van der Waals surface area contributed by atoms with Crippen LogP contribution in [0.15, 0.2) is 42.5 Å². The van der Waals surface area contributed by atoms with E-state index in [0.29, 0.717) is 34.3 Å². The summed E-state index contributed by atoms with van der Waals surface area (Å²) in [5, 5.41) is 6.14. The topological polar surface area (TPSA) is 76.7 Å². The molecule has 1 aliphatic carbocycles. The number of halogens is 1. The van der Waals surface area contributed by atoms with E-state index in [1.165, 1.54) is 7.11 Å². The SMILES string of the molecule is COc1ccc(NC(=O)C2CC2C(=O)Nc2cccc(Cl)c2)cc1OC. The molecule has 6 nitrogen and oxygen atoms in total. The Bertz CT molecular complexity index is 840. The molecule has 26 heavy (non-hydrogen) atoms. The van der Waals surface area contributed by atoms with Crippen molar-refractivity contribution in [2.45, 2.75) is 6.42 Å². The van der Waals surface area contributed by atoms with E-state index in [1.807, 2.05) is 0 Å². The van der Waals surface area contributed by atoms with Crippen molar-refractivity contribution in [2.75, 3.05) is 24.9 Å². The fourth-order valence-electron chi connectivity index (χ4n) is 2.72. The van der Waals surface area contributed by atoms with Gasteiger partial charge in [-0.1, -0.05) is 17.7 Å². The third-order valence-corrected chi connectivity index (χ3v) is 4.44. The summed E-state index contributed by atoms with van der Waals surface area (Å²) < 4.78 is 10.4. The first-order valence-electron chi connectivity index (χ1n) is 8.11. The zero-order valence-corrected chi connectivity index (χ0v) is 15.2. The summed E-state index contributed by atoms with van der Waals surface area (Å²) in [5.74, 6) is 0.0478. The molecule has 0 spiro atoms. The lowest BCUT2D eigenvalue weighted by atomic mass is 10.2. The van der Waals surface area contributed by atoms with Crippen LogP contribution in [0.4, 0.5) is 11.4 Å². The first-order valence-corrected chi connectivity index (χ1v) is 8.49. The molecule has 2 unspecified atom stereocenters. The average Bonchev–Trinajstić information content (AvgIpc) is 3.42. The highest BCUT2D eigenvalue weighted by molar-refractivity contribution is 6.30. The molecule has 0 saturated heterocycles. The van der Waals surface area contributed by atoms with Gasteiger partial charge in [-0.05, 0) is 36.8 Å². The molecule has 0 aromatic heterocycles. The van der Waals surface area contributed by atoms with Gasteiger partial charge in [-0.3, -0.25) is 9.59 Å². The molecular weight excluding hydrogens is 356 g/mol. The van der Waals surface area contributed by atoms with Gasteiger partial charge in [0, 0.05) is 22.5 Å². The van der Waals surface area contributed by atoms with Crippen LogP contribution in [-0.4, -0.2) is 26.0 Å². The third-order valence-electron chi connectivity index (χ3n) is 4.21. The molecule has 136 valence electrons. The van der Waals surface area contributed by atoms with Crippen molar-refractivity contribution < 1.29 is 19.1 Å². The van der Waals surface area contributed by atoms with Crippen LogP contribution in [-0.2, 0) is 9.59 Å². The van der Waals surface area contributed by atoms with Crippen LogP contribution in [0.2, 0.25) is 5.02 Å². The van der Waals surface area contributed by atoms with Crippen molar-refractivity contribution >= 4 is 34.8 Å². The highest BCUT2D eigenvalue weighted by atomic mass is 35.5. The predicted molar refractivity (Wildman–Crippen MR) is 99.9 cm³/mol. The fourth-order valence-corrected chi connectivity index (χ4v) is 2.91. The van der Waals surface area contributed by atoms with Crippen molar-refractivity contribution in [1.82, 2.24) is 0 Å². The molecule has 7 heteroatoms. The fraction of sp³-hybridized carbons (Fsp3) is 0.263. The minimum atomic E-state index is -0.345. The maximum absolute atomic E-state index is 12.4. The molecule has 1 saturated carbocycles. The van der Waals surface area contributed by atoms with Crippen molar-refractivity contribution in [3.05, 3.63) is 47.5 Å². The van der Waals surface area contributed by atoms with Gasteiger partial charge in [0.05, 0.1) is 26.1 Å². The Morgan fingerprint density at radius 3 is 2.12 bits per heavy atom. The van der Waals surface area contributed by atoms with Crippen molar-refractivity contribution in [2.24, 2.45) is 11.8 Å². The number of ether oxygens (including phenoxy) is 2. The Hall–Kier alpha value is -2.73. The summed E-state index contributed by atoms with van der Waals surface area (Å²) in [6.45, 7) is 0. The number of nitrogens with one attached hydrogen (secondary N) is 2. The van der Waals surface area contributed by atoms with Gasteiger partial charge in [-0.25, -0.2) is 0 Å². The Morgan fingerprint density at radius 1 is 0.923 bits per heavy atom. The number of carbonyl (C=O) groups is 2. The first kappa shape index (κ1) is 18.1. The van der Waals surface area contributed by atoms with Crippen LogP contribution >= 0.6 is 11.6 Å². The normalized spacial score (nSPS) is 18.0. The minimum Gasteiger partial charge on any atom is -0.493 e. The van der Waals surface area contributed by atoms with Crippen molar-refractivity contribution in [1.29, 1.82) is 0 Å². The quantitative estimate of drug-likeness (QED) is 0.810. The van der Waals surface area contributed by atoms with Crippen molar-refractivity contribution in [3.8, 4) is 11.5 Å². The molecule has 2 aromatic carbocycles. The zero-order chi connectivity index (χ0) is 18.7. The highest BCUT2D eigenvalue weighted by Gasteiger charge is 2.48. The Kier molecular flexibility index (Phi) is 5.32. The standard InChI is InChI=1S/C19H19ClN2O4/c1-25-16-7-6-13(9-17(16)26-2)22-19(24)15-10-14(15)18(23)21-12-5-3-4-11(20)8-12/h3-9,14-15H,10H2,1-2H3,(H,21,23)(H,22,24). The number of amides is 2. The molecular formula is C19H19ClN2O4. The zero-order valence-electron chi connectivity index (χ0n) is 14.4. The molecule has 1 fully saturated rings.